The average Bonchev–Trinajstić information content (AvgIpc) is 2.02. The van der Waals surface area contributed by atoms with Crippen molar-refractivity contribution < 1.29 is 0 Å². The van der Waals surface area contributed by atoms with Gasteiger partial charge in [-0.2, -0.15) is 0 Å². The predicted molar refractivity (Wildman–Crippen MR) is 55.0 cm³/mol. The first-order chi connectivity index (χ1) is 5.52. The second kappa shape index (κ2) is 5.00. The normalized spacial score (nSPS) is 12.2. The molecular formula is C11H19N. The van der Waals surface area contributed by atoms with Crippen LogP contribution in [-0.4, -0.2) is 12.6 Å². The van der Waals surface area contributed by atoms with Gasteiger partial charge in [0.05, 0.1) is 0 Å². The van der Waals surface area contributed by atoms with E-state index in [9.17, 15) is 0 Å². The highest BCUT2D eigenvalue weighted by Gasteiger charge is 2.11. The third kappa shape index (κ3) is 4.98. The predicted octanol–water partition coefficient (Wildman–Crippen LogP) is 2.34. The van der Waals surface area contributed by atoms with E-state index in [-0.39, 0.29) is 5.54 Å². The molecule has 0 aliphatic carbocycles. The van der Waals surface area contributed by atoms with Crippen LogP contribution < -0.4 is 5.32 Å². The van der Waals surface area contributed by atoms with Gasteiger partial charge < -0.3 is 5.32 Å². The fourth-order valence-electron chi connectivity index (χ4n) is 0.759. The monoisotopic (exact) mass is 165 g/mol. The average molecular weight is 165 g/mol. The number of rotatable bonds is 3. The van der Waals surface area contributed by atoms with Gasteiger partial charge in [-0.3, -0.25) is 0 Å². The molecule has 0 aromatic carbocycles. The van der Waals surface area contributed by atoms with Crippen molar-refractivity contribution >= 4 is 0 Å². The molecule has 0 bridgehead atoms. The van der Waals surface area contributed by atoms with Gasteiger partial charge in [0.15, 0.2) is 0 Å². The fourth-order valence-corrected chi connectivity index (χ4v) is 0.759. The van der Waals surface area contributed by atoms with Crippen LogP contribution in [-0.2, 0) is 0 Å². The van der Waals surface area contributed by atoms with Gasteiger partial charge in [-0.25, -0.2) is 0 Å². The Morgan fingerprint density at radius 3 is 2.50 bits per heavy atom. The van der Waals surface area contributed by atoms with Crippen LogP contribution in [0, 0.1) is 11.8 Å². The Labute approximate surface area is 76.2 Å². The first kappa shape index (κ1) is 11.3. The van der Waals surface area contributed by atoms with Crippen LogP contribution in [0.4, 0.5) is 0 Å². The lowest BCUT2D eigenvalue weighted by Gasteiger charge is -2.21. The van der Waals surface area contributed by atoms with E-state index in [1.54, 1.807) is 0 Å². The zero-order valence-corrected chi connectivity index (χ0v) is 8.78. The van der Waals surface area contributed by atoms with Gasteiger partial charge in [-0.15, -0.1) is 5.92 Å². The molecule has 0 heterocycles. The van der Waals surface area contributed by atoms with Crippen LogP contribution in [0.5, 0.6) is 0 Å². The van der Waals surface area contributed by atoms with Crippen molar-refractivity contribution in [3.05, 3.63) is 11.6 Å². The summed E-state index contributed by atoms with van der Waals surface area (Å²) in [5.41, 5.74) is 1.33. The lowest BCUT2D eigenvalue weighted by Crippen LogP contribution is -2.35. The summed E-state index contributed by atoms with van der Waals surface area (Å²) in [6, 6.07) is 0. The summed E-state index contributed by atoms with van der Waals surface area (Å²) in [5, 5.41) is 3.25. The molecule has 1 heteroatoms. The van der Waals surface area contributed by atoms with Crippen LogP contribution in [0.25, 0.3) is 0 Å². The van der Waals surface area contributed by atoms with Crippen LogP contribution in [0.3, 0.4) is 0 Å². The minimum absolute atomic E-state index is 0.177. The molecule has 1 N–H and O–H groups in total. The third-order valence-electron chi connectivity index (χ3n) is 1.92. The maximum atomic E-state index is 3.25. The Morgan fingerprint density at radius 2 is 2.08 bits per heavy atom. The summed E-state index contributed by atoms with van der Waals surface area (Å²) in [7, 11) is 1.98. The summed E-state index contributed by atoms with van der Waals surface area (Å²) in [4.78, 5) is 0. The number of hydrogen-bond donors (Lipinski definition) is 1. The van der Waals surface area contributed by atoms with Crippen LogP contribution in [0.1, 0.15) is 34.1 Å². The van der Waals surface area contributed by atoms with Gasteiger partial charge in [-0.05, 0) is 46.7 Å². The molecule has 0 aromatic rings. The maximum Gasteiger partial charge on any atom is 0.0156 e. The minimum Gasteiger partial charge on any atom is -0.315 e. The van der Waals surface area contributed by atoms with Crippen molar-refractivity contribution in [1.82, 2.24) is 5.32 Å². The molecule has 0 aliphatic heterocycles. The number of nitrogens with one attached hydrogen (secondary N) is 1. The summed E-state index contributed by atoms with van der Waals surface area (Å²) < 4.78 is 0. The van der Waals surface area contributed by atoms with Crippen LogP contribution in [0.2, 0.25) is 0 Å². The molecular weight excluding hydrogens is 146 g/mol. The number of hydrogen-bond acceptors (Lipinski definition) is 1. The highest BCUT2D eigenvalue weighted by atomic mass is 14.9. The van der Waals surface area contributed by atoms with Crippen molar-refractivity contribution in [3.8, 4) is 11.8 Å². The molecule has 0 unspecified atom stereocenters. The standard InChI is InChI=1S/C11H19N/c1-6-7-10(2)8-9-11(3,4)12-5/h8,12H,9H2,1-5H3/b10-8-. The smallest absolute Gasteiger partial charge is 0.0156 e. The fraction of sp³-hybridized carbons (Fsp3) is 0.636. The zero-order valence-electron chi connectivity index (χ0n) is 8.78. The van der Waals surface area contributed by atoms with Gasteiger partial charge in [0.2, 0.25) is 0 Å². The molecule has 12 heavy (non-hydrogen) atoms. The molecule has 0 aliphatic rings. The summed E-state index contributed by atoms with van der Waals surface area (Å²) in [5.74, 6) is 5.91. The van der Waals surface area contributed by atoms with Crippen LogP contribution in [0.15, 0.2) is 11.6 Å². The zero-order chi connectivity index (χ0) is 9.61. The van der Waals surface area contributed by atoms with E-state index in [0.29, 0.717) is 0 Å². The molecule has 0 spiro atoms. The van der Waals surface area contributed by atoms with Crippen LogP contribution >= 0.6 is 0 Å². The molecule has 1 nitrogen and oxygen atoms in total. The first-order valence-electron chi connectivity index (χ1n) is 4.30. The Kier molecular flexibility index (Phi) is 4.70. The topological polar surface area (TPSA) is 12.0 Å². The highest BCUT2D eigenvalue weighted by molar-refractivity contribution is 5.25. The largest absolute Gasteiger partial charge is 0.315 e. The van der Waals surface area contributed by atoms with E-state index in [1.165, 1.54) is 0 Å². The van der Waals surface area contributed by atoms with Gasteiger partial charge in [0.25, 0.3) is 0 Å². The van der Waals surface area contributed by atoms with E-state index in [2.05, 4.69) is 37.1 Å². The van der Waals surface area contributed by atoms with Gasteiger partial charge >= 0.3 is 0 Å². The highest BCUT2D eigenvalue weighted by Crippen LogP contribution is 2.09. The lowest BCUT2D eigenvalue weighted by molar-refractivity contribution is 0.429. The summed E-state index contributed by atoms with van der Waals surface area (Å²) in [6.07, 6.45) is 3.19. The Bertz CT molecular complexity index is 213. The first-order valence-corrected chi connectivity index (χ1v) is 4.30. The molecule has 0 fully saturated rings. The van der Waals surface area contributed by atoms with E-state index >= 15 is 0 Å². The second-order valence-corrected chi connectivity index (χ2v) is 3.60. The van der Waals surface area contributed by atoms with Gasteiger partial charge in [-0.1, -0.05) is 12.0 Å². The lowest BCUT2D eigenvalue weighted by atomic mass is 10.00. The quantitative estimate of drug-likeness (QED) is 0.633. The minimum atomic E-state index is 0.177. The van der Waals surface area contributed by atoms with E-state index < -0.39 is 0 Å². The van der Waals surface area contributed by atoms with Gasteiger partial charge in [0.1, 0.15) is 0 Å². The molecule has 0 amide bonds. The Hall–Kier alpha value is -0.740. The summed E-state index contributed by atoms with van der Waals surface area (Å²) >= 11 is 0. The van der Waals surface area contributed by atoms with Crippen molar-refractivity contribution in [3.63, 3.8) is 0 Å². The molecule has 0 atom stereocenters. The van der Waals surface area contributed by atoms with E-state index in [0.717, 1.165) is 12.0 Å². The summed E-state index contributed by atoms with van der Waals surface area (Å²) in [6.45, 7) is 8.26. The van der Waals surface area contributed by atoms with Crippen molar-refractivity contribution in [2.45, 2.75) is 39.7 Å². The van der Waals surface area contributed by atoms with E-state index in [1.807, 2.05) is 20.9 Å². The van der Waals surface area contributed by atoms with Crippen molar-refractivity contribution in [1.29, 1.82) is 0 Å². The Balaban J connectivity index is 4.09. The molecule has 68 valence electrons. The third-order valence-corrected chi connectivity index (χ3v) is 1.92. The van der Waals surface area contributed by atoms with E-state index in [4.69, 9.17) is 0 Å². The molecule has 0 aromatic heterocycles. The molecule has 0 saturated heterocycles. The van der Waals surface area contributed by atoms with Crippen molar-refractivity contribution in [2.24, 2.45) is 0 Å². The Morgan fingerprint density at radius 1 is 1.50 bits per heavy atom. The van der Waals surface area contributed by atoms with Gasteiger partial charge in [0, 0.05) is 5.54 Å². The SMILES string of the molecule is CC#C/C(C)=C\CC(C)(C)NC. The number of allylic oxidation sites excluding steroid dienone is 1. The molecule has 0 rings (SSSR count). The maximum absolute atomic E-state index is 3.25. The molecule has 0 saturated carbocycles. The molecule has 0 radical (unpaired) electrons. The second-order valence-electron chi connectivity index (χ2n) is 3.60. The van der Waals surface area contributed by atoms with Crippen molar-refractivity contribution in [2.75, 3.05) is 7.05 Å².